The van der Waals surface area contributed by atoms with Crippen LogP contribution in [0.2, 0.25) is 0 Å². The van der Waals surface area contributed by atoms with Crippen molar-refractivity contribution in [3.8, 4) is 33.4 Å². The van der Waals surface area contributed by atoms with E-state index in [-0.39, 0.29) is 0 Å². The van der Waals surface area contributed by atoms with Gasteiger partial charge in [0.15, 0.2) is 0 Å². The molecule has 0 saturated heterocycles. The fourth-order valence-electron chi connectivity index (χ4n) is 8.06. The Morgan fingerprint density at radius 2 is 0.830 bits per heavy atom. The van der Waals surface area contributed by atoms with Gasteiger partial charge in [-0.15, -0.1) is 0 Å². The zero-order valence-electron chi connectivity index (χ0n) is 29.2. The van der Waals surface area contributed by atoms with Crippen molar-refractivity contribution in [2.75, 3.05) is 4.90 Å². The van der Waals surface area contributed by atoms with Gasteiger partial charge in [-0.05, 0) is 113 Å². The number of hydrogen-bond donors (Lipinski definition) is 0. The summed E-state index contributed by atoms with van der Waals surface area (Å²) >= 11 is 0. The summed E-state index contributed by atoms with van der Waals surface area (Å²) in [6.07, 6.45) is 0. The number of hydrogen-bond acceptors (Lipinski definition) is 1. The molecule has 0 aromatic heterocycles. The van der Waals surface area contributed by atoms with Gasteiger partial charge in [0.25, 0.3) is 0 Å². The molecule has 0 spiro atoms. The van der Waals surface area contributed by atoms with Crippen molar-refractivity contribution >= 4 is 60.2 Å². The topological polar surface area (TPSA) is 3.24 Å². The van der Waals surface area contributed by atoms with E-state index in [1.165, 1.54) is 76.5 Å². The Hall–Kier alpha value is -6.96. The van der Waals surface area contributed by atoms with Gasteiger partial charge in [0, 0.05) is 16.9 Å². The van der Waals surface area contributed by atoms with Gasteiger partial charge < -0.3 is 4.90 Å². The second-order valence-electron chi connectivity index (χ2n) is 13.7. The van der Waals surface area contributed by atoms with E-state index in [1.807, 2.05) is 0 Å². The van der Waals surface area contributed by atoms with Crippen molar-refractivity contribution in [2.45, 2.75) is 0 Å². The molecule has 0 N–H and O–H groups in total. The molecule has 10 aromatic carbocycles. The first-order chi connectivity index (χ1) is 26.3. The van der Waals surface area contributed by atoms with E-state index >= 15 is 0 Å². The van der Waals surface area contributed by atoms with Gasteiger partial charge in [0.2, 0.25) is 0 Å². The summed E-state index contributed by atoms with van der Waals surface area (Å²) in [5.41, 5.74) is 10.5. The van der Waals surface area contributed by atoms with Crippen molar-refractivity contribution < 1.29 is 0 Å². The first-order valence-corrected chi connectivity index (χ1v) is 18.3. The highest BCUT2D eigenvalue weighted by molar-refractivity contribution is 6.21. The van der Waals surface area contributed by atoms with Crippen molar-refractivity contribution in [3.05, 3.63) is 212 Å². The predicted octanol–water partition coefficient (Wildman–Crippen LogP) is 14.8. The molecule has 0 amide bonds. The van der Waals surface area contributed by atoms with Crippen LogP contribution in [0.15, 0.2) is 212 Å². The highest BCUT2D eigenvalue weighted by Gasteiger charge is 2.18. The summed E-state index contributed by atoms with van der Waals surface area (Å²) in [5, 5.41) is 10.1. The largest absolute Gasteiger partial charge is 0.310 e. The fraction of sp³-hybridized carbons (Fsp3) is 0. The predicted molar refractivity (Wildman–Crippen MR) is 227 cm³/mol. The number of para-hydroxylation sites is 1. The van der Waals surface area contributed by atoms with Crippen LogP contribution >= 0.6 is 0 Å². The maximum atomic E-state index is 2.41. The molecule has 0 bridgehead atoms. The molecular formula is C52H35N. The van der Waals surface area contributed by atoms with Gasteiger partial charge in [0.05, 0.1) is 5.69 Å². The molecule has 0 fully saturated rings. The number of benzene rings is 10. The van der Waals surface area contributed by atoms with Crippen LogP contribution in [0, 0.1) is 0 Å². The minimum Gasteiger partial charge on any atom is -0.310 e. The molecule has 0 heterocycles. The lowest BCUT2D eigenvalue weighted by Crippen LogP contribution is -2.11. The zero-order valence-corrected chi connectivity index (χ0v) is 29.2. The molecule has 10 rings (SSSR count). The highest BCUT2D eigenvalue weighted by atomic mass is 15.1. The maximum absolute atomic E-state index is 2.41. The number of fused-ring (bicyclic) bond motifs is 6. The molecule has 0 atom stereocenters. The second-order valence-corrected chi connectivity index (χ2v) is 13.7. The van der Waals surface area contributed by atoms with Crippen LogP contribution in [0.5, 0.6) is 0 Å². The standard InChI is InChI=1S/C52H35N/c1-2-15-37(16-3-1)46-24-10-11-27-52(46)53(44-30-28-36-14-4-5-18-40(36)33-44)43-22-13-20-41(34-43)39-19-12-21-42(32-39)50-35-51-45-23-7-6-17-38(45)29-31-49(51)47-25-8-9-26-48(47)50/h1-35H. The Balaban J connectivity index is 1.14. The quantitative estimate of drug-likeness (QED) is 0.159. The van der Waals surface area contributed by atoms with Crippen molar-refractivity contribution in [1.82, 2.24) is 0 Å². The molecule has 248 valence electrons. The normalized spacial score (nSPS) is 11.4. The lowest BCUT2D eigenvalue weighted by molar-refractivity contribution is 1.29. The Morgan fingerprint density at radius 1 is 0.245 bits per heavy atom. The van der Waals surface area contributed by atoms with E-state index in [1.54, 1.807) is 0 Å². The van der Waals surface area contributed by atoms with E-state index in [2.05, 4.69) is 217 Å². The van der Waals surface area contributed by atoms with Crippen LogP contribution in [0.4, 0.5) is 17.1 Å². The molecule has 0 radical (unpaired) electrons. The molecule has 10 aromatic rings. The summed E-state index contributed by atoms with van der Waals surface area (Å²) < 4.78 is 0. The molecule has 0 saturated carbocycles. The van der Waals surface area contributed by atoms with Crippen LogP contribution in [0.3, 0.4) is 0 Å². The summed E-state index contributed by atoms with van der Waals surface area (Å²) in [5.74, 6) is 0. The Morgan fingerprint density at radius 3 is 1.70 bits per heavy atom. The highest BCUT2D eigenvalue weighted by Crippen LogP contribution is 2.43. The monoisotopic (exact) mass is 673 g/mol. The average Bonchev–Trinajstić information content (AvgIpc) is 3.24. The third kappa shape index (κ3) is 5.51. The van der Waals surface area contributed by atoms with Gasteiger partial charge in [-0.2, -0.15) is 0 Å². The van der Waals surface area contributed by atoms with E-state index < -0.39 is 0 Å². The molecule has 0 aliphatic rings. The summed E-state index contributed by atoms with van der Waals surface area (Å²) in [6.45, 7) is 0. The molecule has 53 heavy (non-hydrogen) atoms. The van der Waals surface area contributed by atoms with E-state index in [0.29, 0.717) is 0 Å². The molecule has 0 unspecified atom stereocenters. The molecule has 1 heteroatoms. The van der Waals surface area contributed by atoms with E-state index in [9.17, 15) is 0 Å². The second kappa shape index (κ2) is 13.0. The Bertz CT molecular complexity index is 2960. The molecule has 0 aliphatic heterocycles. The van der Waals surface area contributed by atoms with Crippen LogP contribution in [0.1, 0.15) is 0 Å². The van der Waals surface area contributed by atoms with Gasteiger partial charge in [-0.3, -0.25) is 0 Å². The van der Waals surface area contributed by atoms with E-state index in [0.717, 1.165) is 17.1 Å². The third-order valence-corrected chi connectivity index (χ3v) is 10.6. The van der Waals surface area contributed by atoms with Crippen LogP contribution in [-0.4, -0.2) is 0 Å². The first-order valence-electron chi connectivity index (χ1n) is 18.3. The van der Waals surface area contributed by atoms with Gasteiger partial charge in [0.1, 0.15) is 0 Å². The average molecular weight is 674 g/mol. The lowest BCUT2D eigenvalue weighted by atomic mass is 9.90. The molecule has 0 aliphatic carbocycles. The number of rotatable bonds is 6. The first kappa shape index (κ1) is 30.8. The Kier molecular flexibility index (Phi) is 7.55. The summed E-state index contributed by atoms with van der Waals surface area (Å²) in [7, 11) is 0. The van der Waals surface area contributed by atoms with Gasteiger partial charge in [-0.1, -0.05) is 170 Å². The Labute approximate surface area is 309 Å². The number of nitrogens with zero attached hydrogens (tertiary/aromatic N) is 1. The fourth-order valence-corrected chi connectivity index (χ4v) is 8.06. The van der Waals surface area contributed by atoms with Crippen molar-refractivity contribution in [2.24, 2.45) is 0 Å². The van der Waals surface area contributed by atoms with Crippen LogP contribution in [0.25, 0.3) is 76.5 Å². The maximum Gasteiger partial charge on any atom is 0.0540 e. The molecular weight excluding hydrogens is 639 g/mol. The number of anilines is 3. The SMILES string of the molecule is c1ccc(-c2ccccc2N(c2cccc(-c3cccc(-c4cc5c6ccccc6ccc5c5ccccc45)c3)c2)c2ccc3ccccc3c2)cc1. The summed E-state index contributed by atoms with van der Waals surface area (Å²) in [6, 6.07) is 77.3. The molecule has 1 nitrogen and oxygen atoms in total. The third-order valence-electron chi connectivity index (χ3n) is 10.6. The van der Waals surface area contributed by atoms with Crippen LogP contribution < -0.4 is 4.90 Å². The van der Waals surface area contributed by atoms with Gasteiger partial charge in [-0.25, -0.2) is 0 Å². The minimum atomic E-state index is 1.11. The lowest BCUT2D eigenvalue weighted by Gasteiger charge is -2.28. The van der Waals surface area contributed by atoms with E-state index in [4.69, 9.17) is 0 Å². The minimum absolute atomic E-state index is 1.11. The van der Waals surface area contributed by atoms with Gasteiger partial charge >= 0.3 is 0 Å². The zero-order chi connectivity index (χ0) is 35.1. The van der Waals surface area contributed by atoms with Crippen LogP contribution in [-0.2, 0) is 0 Å². The van der Waals surface area contributed by atoms with Crippen molar-refractivity contribution in [3.63, 3.8) is 0 Å². The van der Waals surface area contributed by atoms with Crippen molar-refractivity contribution in [1.29, 1.82) is 0 Å². The smallest absolute Gasteiger partial charge is 0.0540 e. The summed E-state index contributed by atoms with van der Waals surface area (Å²) in [4.78, 5) is 2.41.